The van der Waals surface area contributed by atoms with Crippen molar-refractivity contribution in [1.29, 1.82) is 0 Å². The topological polar surface area (TPSA) is 66.5 Å². The first-order valence-electron chi connectivity index (χ1n) is 6.44. The Morgan fingerprint density at radius 2 is 2.14 bits per heavy atom. The summed E-state index contributed by atoms with van der Waals surface area (Å²) in [7, 11) is 0. The molecule has 0 atom stereocenters. The highest BCUT2D eigenvalue weighted by atomic mass is 32.1. The largest absolute Gasteiger partial charge is 0.332 e. The van der Waals surface area contributed by atoms with Gasteiger partial charge in [-0.1, -0.05) is 0 Å². The van der Waals surface area contributed by atoms with E-state index in [1.54, 1.807) is 17.5 Å². The van der Waals surface area contributed by atoms with Gasteiger partial charge in [-0.05, 0) is 30.3 Å². The molecular weight excluding hydrogens is 282 g/mol. The van der Waals surface area contributed by atoms with Crippen molar-refractivity contribution in [3.05, 3.63) is 54.3 Å². The number of hydrogen-bond acceptors (Lipinski definition) is 5. The Kier molecular flexibility index (Phi) is 2.86. The highest BCUT2D eigenvalue weighted by Crippen LogP contribution is 2.27. The van der Waals surface area contributed by atoms with Crippen LogP contribution in [0.1, 0.15) is 0 Å². The Morgan fingerprint density at radius 1 is 1.14 bits per heavy atom. The lowest BCUT2D eigenvalue weighted by molar-refractivity contribution is 1.12. The van der Waals surface area contributed by atoms with Gasteiger partial charge in [0.05, 0.1) is 17.4 Å². The van der Waals surface area contributed by atoms with Crippen LogP contribution in [0.4, 0.5) is 10.8 Å². The average Bonchev–Trinajstić information content (AvgIpc) is 3.17. The lowest BCUT2D eigenvalue weighted by Gasteiger charge is -2.02. The second kappa shape index (κ2) is 4.99. The Hall–Kier alpha value is -2.73. The van der Waals surface area contributed by atoms with Crippen LogP contribution in [0, 0.1) is 0 Å². The van der Waals surface area contributed by atoms with E-state index in [2.05, 4.69) is 25.5 Å². The van der Waals surface area contributed by atoms with Crippen LogP contribution in [0.25, 0.3) is 22.2 Å². The van der Waals surface area contributed by atoms with Gasteiger partial charge in [0.25, 0.3) is 0 Å². The molecule has 0 aliphatic heterocycles. The SMILES string of the molecule is c1cncc(-c2csc(Nc3ccc4[nH]ncc4c3)n2)c1. The summed E-state index contributed by atoms with van der Waals surface area (Å²) in [5, 5.41) is 14.2. The molecule has 6 heteroatoms. The first-order valence-corrected chi connectivity index (χ1v) is 7.32. The number of thiazole rings is 1. The molecule has 0 saturated carbocycles. The van der Waals surface area contributed by atoms with Crippen molar-refractivity contribution in [3.63, 3.8) is 0 Å². The number of hydrogen-bond donors (Lipinski definition) is 2. The molecule has 0 aliphatic carbocycles. The molecule has 3 aromatic heterocycles. The first kappa shape index (κ1) is 12.0. The van der Waals surface area contributed by atoms with Gasteiger partial charge in [0.15, 0.2) is 5.13 Å². The molecule has 4 rings (SSSR count). The highest BCUT2D eigenvalue weighted by molar-refractivity contribution is 7.14. The fourth-order valence-corrected chi connectivity index (χ4v) is 2.86. The third-order valence-electron chi connectivity index (χ3n) is 3.15. The van der Waals surface area contributed by atoms with Crippen molar-refractivity contribution < 1.29 is 0 Å². The lowest BCUT2D eigenvalue weighted by Crippen LogP contribution is -1.89. The molecule has 5 nitrogen and oxygen atoms in total. The molecule has 0 radical (unpaired) electrons. The summed E-state index contributed by atoms with van der Waals surface area (Å²) in [6.07, 6.45) is 5.38. The summed E-state index contributed by atoms with van der Waals surface area (Å²) < 4.78 is 0. The maximum Gasteiger partial charge on any atom is 0.187 e. The zero-order valence-corrected chi connectivity index (χ0v) is 11.8. The number of aromatic amines is 1. The predicted molar refractivity (Wildman–Crippen MR) is 84.7 cm³/mol. The van der Waals surface area contributed by atoms with Crippen LogP contribution in [0.5, 0.6) is 0 Å². The number of pyridine rings is 1. The van der Waals surface area contributed by atoms with E-state index < -0.39 is 0 Å². The maximum atomic E-state index is 4.59. The molecule has 0 spiro atoms. The Labute approximate surface area is 124 Å². The molecule has 0 unspecified atom stereocenters. The molecule has 102 valence electrons. The summed E-state index contributed by atoms with van der Waals surface area (Å²) in [6.45, 7) is 0. The summed E-state index contributed by atoms with van der Waals surface area (Å²) >= 11 is 1.57. The second-order valence-corrected chi connectivity index (χ2v) is 5.43. The van der Waals surface area contributed by atoms with Crippen LogP contribution in [-0.2, 0) is 0 Å². The third kappa shape index (κ3) is 2.36. The number of nitrogens with zero attached hydrogens (tertiary/aromatic N) is 3. The first-order chi connectivity index (χ1) is 10.4. The van der Waals surface area contributed by atoms with Gasteiger partial charge in [-0.25, -0.2) is 4.98 Å². The summed E-state index contributed by atoms with van der Waals surface area (Å²) in [5.74, 6) is 0. The van der Waals surface area contributed by atoms with Crippen molar-refractivity contribution in [2.45, 2.75) is 0 Å². The molecule has 2 N–H and O–H groups in total. The van der Waals surface area contributed by atoms with Gasteiger partial charge in [-0.3, -0.25) is 10.1 Å². The zero-order chi connectivity index (χ0) is 14.1. The molecule has 4 aromatic rings. The van der Waals surface area contributed by atoms with Crippen molar-refractivity contribution in [3.8, 4) is 11.3 Å². The fourth-order valence-electron chi connectivity index (χ4n) is 2.12. The standard InChI is InChI=1S/C15H11N5S/c1-2-10(7-16-5-1)14-9-21-15(19-14)18-12-3-4-13-11(6-12)8-17-20-13/h1-9H,(H,17,20)(H,18,19). The number of fused-ring (bicyclic) bond motifs is 1. The van der Waals surface area contributed by atoms with Gasteiger partial charge >= 0.3 is 0 Å². The minimum atomic E-state index is 0.858. The number of aromatic nitrogens is 4. The van der Waals surface area contributed by atoms with Crippen LogP contribution in [0.2, 0.25) is 0 Å². The van der Waals surface area contributed by atoms with E-state index >= 15 is 0 Å². The molecule has 0 aliphatic rings. The van der Waals surface area contributed by atoms with Crippen molar-refractivity contribution in [2.24, 2.45) is 0 Å². The van der Waals surface area contributed by atoms with Crippen LogP contribution >= 0.6 is 11.3 Å². The molecule has 0 fully saturated rings. The summed E-state index contributed by atoms with van der Waals surface area (Å²) in [5.41, 5.74) is 3.97. The number of nitrogens with one attached hydrogen (secondary N) is 2. The summed E-state index contributed by atoms with van der Waals surface area (Å²) in [4.78, 5) is 8.70. The number of rotatable bonds is 3. The number of anilines is 2. The van der Waals surface area contributed by atoms with Gasteiger partial charge in [0, 0.05) is 34.4 Å². The van der Waals surface area contributed by atoms with E-state index in [9.17, 15) is 0 Å². The van der Waals surface area contributed by atoms with Gasteiger partial charge in [0.2, 0.25) is 0 Å². The molecule has 21 heavy (non-hydrogen) atoms. The van der Waals surface area contributed by atoms with E-state index in [0.717, 1.165) is 33.0 Å². The molecule has 0 amide bonds. The average molecular weight is 293 g/mol. The minimum Gasteiger partial charge on any atom is -0.332 e. The minimum absolute atomic E-state index is 0.858. The van der Waals surface area contributed by atoms with Crippen molar-refractivity contribution >= 4 is 33.1 Å². The van der Waals surface area contributed by atoms with Gasteiger partial charge in [0.1, 0.15) is 0 Å². The van der Waals surface area contributed by atoms with Crippen molar-refractivity contribution in [2.75, 3.05) is 5.32 Å². The zero-order valence-electron chi connectivity index (χ0n) is 10.9. The van der Waals surface area contributed by atoms with E-state index in [1.165, 1.54) is 0 Å². The Bertz CT molecular complexity index is 881. The third-order valence-corrected chi connectivity index (χ3v) is 3.91. The van der Waals surface area contributed by atoms with Crippen LogP contribution in [0.15, 0.2) is 54.3 Å². The number of benzene rings is 1. The maximum absolute atomic E-state index is 4.59. The fraction of sp³-hybridized carbons (Fsp3) is 0. The van der Waals surface area contributed by atoms with Gasteiger partial charge < -0.3 is 5.32 Å². The van der Waals surface area contributed by atoms with Crippen LogP contribution < -0.4 is 5.32 Å². The lowest BCUT2D eigenvalue weighted by atomic mass is 10.2. The molecule has 0 saturated heterocycles. The summed E-state index contributed by atoms with van der Waals surface area (Å²) in [6, 6.07) is 9.97. The Morgan fingerprint density at radius 3 is 3.05 bits per heavy atom. The van der Waals surface area contributed by atoms with Gasteiger partial charge in [-0.2, -0.15) is 5.10 Å². The van der Waals surface area contributed by atoms with Crippen LogP contribution in [0.3, 0.4) is 0 Å². The Balaban J connectivity index is 1.61. The predicted octanol–water partition coefficient (Wildman–Crippen LogP) is 3.83. The molecule has 0 bridgehead atoms. The quantitative estimate of drug-likeness (QED) is 0.602. The van der Waals surface area contributed by atoms with E-state index in [4.69, 9.17) is 0 Å². The molecule has 1 aromatic carbocycles. The highest BCUT2D eigenvalue weighted by Gasteiger charge is 2.05. The smallest absolute Gasteiger partial charge is 0.187 e. The van der Waals surface area contributed by atoms with E-state index in [-0.39, 0.29) is 0 Å². The van der Waals surface area contributed by atoms with Crippen molar-refractivity contribution in [1.82, 2.24) is 20.2 Å². The molecule has 3 heterocycles. The van der Waals surface area contributed by atoms with E-state index in [0.29, 0.717) is 0 Å². The molecular formula is C15H11N5S. The normalized spacial score (nSPS) is 10.9. The monoisotopic (exact) mass is 293 g/mol. The van der Waals surface area contributed by atoms with E-state index in [1.807, 2.05) is 48.1 Å². The van der Waals surface area contributed by atoms with Gasteiger partial charge in [-0.15, -0.1) is 11.3 Å². The second-order valence-electron chi connectivity index (χ2n) is 4.58. The van der Waals surface area contributed by atoms with Crippen LogP contribution in [-0.4, -0.2) is 20.2 Å². The number of H-pyrrole nitrogens is 1.